The lowest BCUT2D eigenvalue weighted by Crippen LogP contribution is -2.24. The maximum atomic E-state index is 13.5. The van der Waals surface area contributed by atoms with Crippen LogP contribution < -0.4 is 5.73 Å². The third-order valence-electron chi connectivity index (χ3n) is 4.33. The number of anilines is 1. The second-order valence-electron chi connectivity index (χ2n) is 5.98. The summed E-state index contributed by atoms with van der Waals surface area (Å²) in [7, 11) is 0. The first-order valence-corrected chi connectivity index (χ1v) is 7.47. The van der Waals surface area contributed by atoms with E-state index < -0.39 is 0 Å². The Morgan fingerprint density at radius 1 is 1.19 bits per heavy atom. The van der Waals surface area contributed by atoms with Crippen molar-refractivity contribution in [3.8, 4) is 0 Å². The molecule has 1 saturated heterocycles. The molecule has 0 aromatic heterocycles. The molecule has 3 rings (SSSR count). The number of nitrogens with zero attached hydrogens (tertiary/aromatic N) is 1. The highest BCUT2D eigenvalue weighted by atomic mass is 19.1. The van der Waals surface area contributed by atoms with Crippen LogP contribution in [0.25, 0.3) is 0 Å². The smallest absolute Gasteiger partial charge is 0.123 e. The van der Waals surface area contributed by atoms with E-state index in [-0.39, 0.29) is 11.9 Å². The van der Waals surface area contributed by atoms with E-state index in [4.69, 9.17) is 5.73 Å². The molecule has 0 radical (unpaired) electrons. The van der Waals surface area contributed by atoms with Crippen molar-refractivity contribution in [2.24, 2.45) is 5.92 Å². The number of nitrogens with two attached hydrogens (primary N) is 1. The van der Waals surface area contributed by atoms with Gasteiger partial charge < -0.3 is 5.73 Å². The quantitative estimate of drug-likeness (QED) is 0.863. The standard InChI is InChI=1S/C18H21FN2/c1-13-8-9-21(12-14-4-2-7-17(20)10-14)18(13)15-5-3-6-16(19)11-15/h2-7,10-11,13,18H,8-9,12,20H2,1H3. The molecule has 1 aliphatic rings. The molecule has 2 nitrogen and oxygen atoms in total. The summed E-state index contributed by atoms with van der Waals surface area (Å²) in [6.07, 6.45) is 1.14. The third kappa shape index (κ3) is 3.08. The van der Waals surface area contributed by atoms with Crippen molar-refractivity contribution >= 4 is 5.69 Å². The molecule has 0 saturated carbocycles. The Morgan fingerprint density at radius 2 is 2.00 bits per heavy atom. The second-order valence-corrected chi connectivity index (χ2v) is 5.98. The van der Waals surface area contributed by atoms with Gasteiger partial charge in [0, 0.05) is 18.3 Å². The molecule has 0 aliphatic carbocycles. The van der Waals surface area contributed by atoms with Gasteiger partial charge in [-0.05, 0) is 54.3 Å². The molecule has 2 atom stereocenters. The van der Waals surface area contributed by atoms with E-state index in [2.05, 4.69) is 17.9 Å². The third-order valence-corrected chi connectivity index (χ3v) is 4.33. The minimum absolute atomic E-state index is 0.157. The van der Waals surface area contributed by atoms with E-state index in [0.29, 0.717) is 5.92 Å². The summed E-state index contributed by atoms with van der Waals surface area (Å²) in [4.78, 5) is 2.42. The number of halogens is 1. The Kier molecular flexibility index (Phi) is 3.93. The summed E-state index contributed by atoms with van der Waals surface area (Å²) in [5.41, 5.74) is 8.94. The molecule has 2 unspecified atom stereocenters. The minimum atomic E-state index is -0.157. The van der Waals surface area contributed by atoms with Crippen LogP contribution >= 0.6 is 0 Å². The molecule has 1 fully saturated rings. The van der Waals surface area contributed by atoms with Crippen LogP contribution in [0.1, 0.15) is 30.5 Å². The zero-order chi connectivity index (χ0) is 14.8. The number of benzene rings is 2. The molecule has 0 spiro atoms. The van der Waals surface area contributed by atoms with Crippen LogP contribution in [0.3, 0.4) is 0 Å². The van der Waals surface area contributed by atoms with Crippen molar-refractivity contribution < 1.29 is 4.39 Å². The predicted octanol–water partition coefficient (Wildman–Crippen LogP) is 3.99. The van der Waals surface area contributed by atoms with Crippen LogP contribution in [0.5, 0.6) is 0 Å². The molecule has 3 heteroatoms. The van der Waals surface area contributed by atoms with Gasteiger partial charge in [-0.3, -0.25) is 4.90 Å². The largest absolute Gasteiger partial charge is 0.399 e. The summed E-state index contributed by atoms with van der Waals surface area (Å²) in [5, 5.41) is 0. The molecule has 0 bridgehead atoms. The van der Waals surface area contributed by atoms with Crippen molar-refractivity contribution in [1.82, 2.24) is 4.90 Å². The molecule has 0 amide bonds. The Hall–Kier alpha value is -1.87. The number of hydrogen-bond donors (Lipinski definition) is 1. The summed E-state index contributed by atoms with van der Waals surface area (Å²) in [6.45, 7) is 4.14. The van der Waals surface area contributed by atoms with Crippen molar-refractivity contribution in [2.45, 2.75) is 25.9 Å². The van der Waals surface area contributed by atoms with E-state index in [0.717, 1.165) is 30.8 Å². The topological polar surface area (TPSA) is 29.3 Å². The molecule has 1 heterocycles. The van der Waals surface area contributed by atoms with E-state index in [1.54, 1.807) is 12.1 Å². The Morgan fingerprint density at radius 3 is 2.76 bits per heavy atom. The molecule has 2 aromatic rings. The SMILES string of the molecule is CC1CCN(Cc2cccc(N)c2)C1c1cccc(F)c1. The van der Waals surface area contributed by atoms with Crippen LogP contribution in [-0.4, -0.2) is 11.4 Å². The molecular weight excluding hydrogens is 263 g/mol. The van der Waals surface area contributed by atoms with E-state index in [1.807, 2.05) is 24.3 Å². The Labute approximate surface area is 125 Å². The average Bonchev–Trinajstić information content (AvgIpc) is 2.80. The van der Waals surface area contributed by atoms with Crippen molar-refractivity contribution in [2.75, 3.05) is 12.3 Å². The van der Waals surface area contributed by atoms with Gasteiger partial charge in [-0.2, -0.15) is 0 Å². The molecule has 1 aliphatic heterocycles. The fraction of sp³-hybridized carbons (Fsp3) is 0.333. The predicted molar refractivity (Wildman–Crippen MR) is 84.2 cm³/mol. The molecule has 21 heavy (non-hydrogen) atoms. The monoisotopic (exact) mass is 284 g/mol. The van der Waals surface area contributed by atoms with E-state index >= 15 is 0 Å². The fourth-order valence-corrected chi connectivity index (χ4v) is 3.36. The van der Waals surface area contributed by atoms with E-state index in [1.165, 1.54) is 11.6 Å². The highest BCUT2D eigenvalue weighted by Crippen LogP contribution is 2.38. The number of likely N-dealkylation sites (tertiary alicyclic amines) is 1. The number of rotatable bonds is 3. The maximum absolute atomic E-state index is 13.5. The van der Waals surface area contributed by atoms with Crippen LogP contribution in [0.2, 0.25) is 0 Å². The fourth-order valence-electron chi connectivity index (χ4n) is 3.36. The molecule has 2 aromatic carbocycles. The lowest BCUT2D eigenvalue weighted by Gasteiger charge is -2.27. The van der Waals surface area contributed by atoms with Gasteiger partial charge in [-0.15, -0.1) is 0 Å². The molecule has 2 N–H and O–H groups in total. The normalized spacial score (nSPS) is 22.6. The zero-order valence-corrected chi connectivity index (χ0v) is 12.3. The van der Waals surface area contributed by atoms with Gasteiger partial charge in [0.2, 0.25) is 0 Å². The first kappa shape index (κ1) is 14.1. The Bertz CT molecular complexity index is 626. The van der Waals surface area contributed by atoms with E-state index in [9.17, 15) is 4.39 Å². The lowest BCUT2D eigenvalue weighted by molar-refractivity contribution is 0.225. The van der Waals surface area contributed by atoms with Gasteiger partial charge in [-0.1, -0.05) is 31.2 Å². The summed E-state index contributed by atoms with van der Waals surface area (Å²) in [5.74, 6) is 0.378. The summed E-state index contributed by atoms with van der Waals surface area (Å²) < 4.78 is 13.5. The van der Waals surface area contributed by atoms with Crippen LogP contribution in [0, 0.1) is 11.7 Å². The van der Waals surface area contributed by atoms with Crippen LogP contribution in [-0.2, 0) is 6.54 Å². The Balaban J connectivity index is 1.84. The first-order chi connectivity index (χ1) is 10.1. The lowest BCUT2D eigenvalue weighted by atomic mass is 9.95. The highest BCUT2D eigenvalue weighted by Gasteiger charge is 2.32. The van der Waals surface area contributed by atoms with Crippen molar-refractivity contribution in [1.29, 1.82) is 0 Å². The van der Waals surface area contributed by atoms with Gasteiger partial charge in [0.25, 0.3) is 0 Å². The zero-order valence-electron chi connectivity index (χ0n) is 12.3. The molecule has 110 valence electrons. The van der Waals surface area contributed by atoms with Gasteiger partial charge in [0.1, 0.15) is 5.82 Å². The number of nitrogen functional groups attached to an aromatic ring is 1. The second kappa shape index (κ2) is 5.86. The van der Waals surface area contributed by atoms with Crippen LogP contribution in [0.4, 0.5) is 10.1 Å². The van der Waals surface area contributed by atoms with Gasteiger partial charge in [-0.25, -0.2) is 4.39 Å². The average molecular weight is 284 g/mol. The van der Waals surface area contributed by atoms with Gasteiger partial charge >= 0.3 is 0 Å². The first-order valence-electron chi connectivity index (χ1n) is 7.47. The van der Waals surface area contributed by atoms with Crippen molar-refractivity contribution in [3.05, 3.63) is 65.5 Å². The molecular formula is C18H21FN2. The maximum Gasteiger partial charge on any atom is 0.123 e. The number of hydrogen-bond acceptors (Lipinski definition) is 2. The highest BCUT2D eigenvalue weighted by molar-refractivity contribution is 5.40. The minimum Gasteiger partial charge on any atom is -0.399 e. The van der Waals surface area contributed by atoms with Gasteiger partial charge in [0.15, 0.2) is 0 Å². The summed E-state index contributed by atoms with van der Waals surface area (Å²) >= 11 is 0. The van der Waals surface area contributed by atoms with Gasteiger partial charge in [0.05, 0.1) is 0 Å². The van der Waals surface area contributed by atoms with Crippen molar-refractivity contribution in [3.63, 3.8) is 0 Å². The van der Waals surface area contributed by atoms with Crippen LogP contribution in [0.15, 0.2) is 48.5 Å². The summed E-state index contributed by atoms with van der Waals surface area (Å²) in [6, 6.07) is 15.3.